The summed E-state index contributed by atoms with van der Waals surface area (Å²) in [5, 5.41) is 2.47. The van der Waals surface area contributed by atoms with Gasteiger partial charge in [0.05, 0.1) is 19.6 Å². The highest BCUT2D eigenvalue weighted by atomic mass is 16.5. The third-order valence-corrected chi connectivity index (χ3v) is 3.86. The molecule has 1 amide bonds. The largest absolute Gasteiger partial charge is 0.469 e. The molecule has 170 valence electrons. The molecule has 0 aliphatic rings. The summed E-state index contributed by atoms with van der Waals surface area (Å²) >= 11 is 0. The van der Waals surface area contributed by atoms with Gasteiger partial charge in [-0.15, -0.1) is 0 Å². The number of carbonyl (C=O) groups excluding carboxylic acids is 3. The molecule has 0 fully saturated rings. The molecule has 0 aliphatic heterocycles. The Hall–Kier alpha value is -2.67. The molecule has 7 nitrogen and oxygen atoms in total. The maximum atomic E-state index is 11.8. The van der Waals surface area contributed by atoms with Crippen molar-refractivity contribution in [2.45, 2.75) is 59.9 Å². The van der Waals surface area contributed by atoms with Crippen molar-refractivity contribution in [1.29, 1.82) is 0 Å². The van der Waals surface area contributed by atoms with Gasteiger partial charge >= 0.3 is 11.9 Å². The van der Waals surface area contributed by atoms with E-state index in [1.54, 1.807) is 24.3 Å². The van der Waals surface area contributed by atoms with Crippen molar-refractivity contribution in [2.24, 2.45) is 11.7 Å². The summed E-state index contributed by atoms with van der Waals surface area (Å²) < 4.78 is 9.54. The summed E-state index contributed by atoms with van der Waals surface area (Å²) in [4.78, 5) is 34.2. The van der Waals surface area contributed by atoms with Gasteiger partial charge < -0.3 is 20.5 Å². The van der Waals surface area contributed by atoms with Crippen LogP contribution in [0.3, 0.4) is 0 Å². The van der Waals surface area contributed by atoms with E-state index in [0.29, 0.717) is 12.2 Å². The zero-order valence-electron chi connectivity index (χ0n) is 19.4. The molecule has 30 heavy (non-hydrogen) atoms. The SMILES string of the molecule is C=C(CC(=O)OC)C(=O)Oc1ccc(CC(N)C(=O)NC)cc1.CC.CCC(C)C. The Morgan fingerprint density at radius 3 is 2.03 bits per heavy atom. The standard InChI is InChI=1S/C16H20N2O5.C5H12.C2H6/c1-10(8-14(19)22-3)16(21)23-12-6-4-11(5-7-12)9-13(17)15(20)18-2;1-4-5(2)3;1-2/h4-7,13H,1,8-9,17H2,2-3H3,(H,18,20);5H,4H2,1-3H3;1-2H3. The van der Waals surface area contributed by atoms with Crippen molar-refractivity contribution < 1.29 is 23.9 Å². The molecule has 0 saturated heterocycles. The molecule has 3 N–H and O–H groups in total. The number of nitrogens with one attached hydrogen (secondary N) is 1. The Labute approximate surface area is 181 Å². The molecule has 1 aromatic carbocycles. The van der Waals surface area contributed by atoms with Crippen LogP contribution in [0.1, 0.15) is 53.0 Å². The average molecular weight is 423 g/mol. The summed E-state index contributed by atoms with van der Waals surface area (Å²) in [6, 6.07) is 5.92. The smallest absolute Gasteiger partial charge is 0.339 e. The minimum absolute atomic E-state index is 0.00238. The molecule has 0 spiro atoms. The Morgan fingerprint density at radius 2 is 1.63 bits per heavy atom. The van der Waals surface area contributed by atoms with Gasteiger partial charge in [-0.05, 0) is 30.0 Å². The number of likely N-dealkylation sites (N-methyl/N-ethyl adjacent to an activating group) is 1. The van der Waals surface area contributed by atoms with Crippen molar-refractivity contribution in [3.63, 3.8) is 0 Å². The van der Waals surface area contributed by atoms with E-state index in [2.05, 4.69) is 37.4 Å². The van der Waals surface area contributed by atoms with Gasteiger partial charge in [-0.25, -0.2) is 4.79 Å². The van der Waals surface area contributed by atoms with Gasteiger partial charge in [0, 0.05) is 12.6 Å². The second kappa shape index (κ2) is 17.2. The summed E-state index contributed by atoms with van der Waals surface area (Å²) in [6.07, 6.45) is 1.44. The number of hydrogen-bond acceptors (Lipinski definition) is 6. The summed E-state index contributed by atoms with van der Waals surface area (Å²) in [5.41, 5.74) is 6.56. The van der Waals surface area contributed by atoms with Gasteiger partial charge in [-0.1, -0.05) is 59.8 Å². The fraction of sp³-hybridized carbons (Fsp3) is 0.522. The molecule has 1 atom stereocenters. The van der Waals surface area contributed by atoms with Gasteiger partial charge in [-0.2, -0.15) is 0 Å². The lowest BCUT2D eigenvalue weighted by atomic mass is 10.1. The van der Waals surface area contributed by atoms with Crippen LogP contribution in [0.5, 0.6) is 5.75 Å². The van der Waals surface area contributed by atoms with Crippen LogP contribution in [0.25, 0.3) is 0 Å². The van der Waals surface area contributed by atoms with Crippen LogP contribution in [0.2, 0.25) is 0 Å². The molecule has 0 saturated carbocycles. The first kappa shape index (κ1) is 29.5. The maximum absolute atomic E-state index is 11.8. The second-order valence-corrected chi connectivity index (χ2v) is 6.62. The van der Waals surface area contributed by atoms with E-state index in [0.717, 1.165) is 11.5 Å². The van der Waals surface area contributed by atoms with E-state index in [1.807, 2.05) is 13.8 Å². The van der Waals surface area contributed by atoms with Gasteiger partial charge in [0.2, 0.25) is 5.91 Å². The van der Waals surface area contributed by atoms with Crippen LogP contribution in [0.4, 0.5) is 0 Å². The number of methoxy groups -OCH3 is 1. The number of ether oxygens (including phenoxy) is 2. The summed E-state index contributed by atoms with van der Waals surface area (Å²) in [5.74, 6) is -0.330. The van der Waals surface area contributed by atoms with E-state index < -0.39 is 18.0 Å². The fourth-order valence-corrected chi connectivity index (χ4v) is 1.72. The molecule has 1 unspecified atom stereocenters. The molecule has 0 aromatic heterocycles. The van der Waals surface area contributed by atoms with Crippen molar-refractivity contribution >= 4 is 17.8 Å². The number of carbonyl (C=O) groups is 3. The number of esters is 2. The molecular formula is C23H38N2O5. The van der Waals surface area contributed by atoms with Crippen molar-refractivity contribution in [3.8, 4) is 5.75 Å². The fourth-order valence-electron chi connectivity index (χ4n) is 1.72. The minimum Gasteiger partial charge on any atom is -0.469 e. The van der Waals surface area contributed by atoms with Crippen LogP contribution < -0.4 is 15.8 Å². The highest BCUT2D eigenvalue weighted by Gasteiger charge is 2.15. The van der Waals surface area contributed by atoms with E-state index in [-0.39, 0.29) is 17.9 Å². The number of amides is 1. The second-order valence-electron chi connectivity index (χ2n) is 6.62. The molecule has 0 radical (unpaired) electrons. The average Bonchev–Trinajstić information content (AvgIpc) is 2.75. The third kappa shape index (κ3) is 13.5. The third-order valence-electron chi connectivity index (χ3n) is 3.86. The Kier molecular flexibility index (Phi) is 16.9. The van der Waals surface area contributed by atoms with Gasteiger partial charge in [0.1, 0.15) is 5.75 Å². The monoisotopic (exact) mass is 422 g/mol. The summed E-state index contributed by atoms with van der Waals surface area (Å²) in [7, 11) is 2.75. The van der Waals surface area contributed by atoms with Gasteiger partial charge in [-0.3, -0.25) is 9.59 Å². The molecular weight excluding hydrogens is 384 g/mol. The number of rotatable bonds is 8. The van der Waals surface area contributed by atoms with Crippen molar-refractivity contribution in [2.75, 3.05) is 14.2 Å². The molecule has 0 aliphatic carbocycles. The van der Waals surface area contributed by atoms with E-state index in [9.17, 15) is 14.4 Å². The Balaban J connectivity index is 0. The predicted molar refractivity (Wildman–Crippen MR) is 120 cm³/mol. The topological polar surface area (TPSA) is 108 Å². The molecule has 7 heteroatoms. The normalized spacial score (nSPS) is 10.4. The molecule has 0 heterocycles. The Bertz CT molecular complexity index is 654. The minimum atomic E-state index is -0.704. The van der Waals surface area contributed by atoms with E-state index in [1.165, 1.54) is 20.6 Å². The quantitative estimate of drug-likeness (QED) is 0.378. The number of benzene rings is 1. The number of hydrogen-bond donors (Lipinski definition) is 2. The van der Waals surface area contributed by atoms with Crippen LogP contribution in [0, 0.1) is 5.92 Å². The van der Waals surface area contributed by atoms with Crippen LogP contribution in [-0.4, -0.2) is 38.0 Å². The predicted octanol–water partition coefficient (Wildman–Crippen LogP) is 3.41. The van der Waals surface area contributed by atoms with Gasteiger partial charge in [0.25, 0.3) is 0 Å². The first-order chi connectivity index (χ1) is 14.1. The van der Waals surface area contributed by atoms with Crippen molar-refractivity contribution in [1.82, 2.24) is 5.32 Å². The highest BCUT2D eigenvalue weighted by Crippen LogP contribution is 2.15. The zero-order valence-corrected chi connectivity index (χ0v) is 19.4. The molecule has 0 bridgehead atoms. The number of nitrogens with two attached hydrogens (primary N) is 1. The first-order valence-corrected chi connectivity index (χ1v) is 10.2. The lowest BCUT2D eigenvalue weighted by Gasteiger charge is -2.10. The van der Waals surface area contributed by atoms with Crippen LogP contribution in [-0.2, 0) is 25.5 Å². The van der Waals surface area contributed by atoms with E-state index >= 15 is 0 Å². The van der Waals surface area contributed by atoms with Crippen LogP contribution >= 0.6 is 0 Å². The highest BCUT2D eigenvalue weighted by molar-refractivity contribution is 5.94. The van der Waals surface area contributed by atoms with E-state index in [4.69, 9.17) is 10.5 Å². The molecule has 1 aromatic rings. The molecule has 1 rings (SSSR count). The lowest BCUT2D eigenvalue weighted by molar-refractivity contribution is -0.141. The lowest BCUT2D eigenvalue weighted by Crippen LogP contribution is -2.40. The first-order valence-electron chi connectivity index (χ1n) is 10.2. The van der Waals surface area contributed by atoms with Gasteiger partial charge in [0.15, 0.2) is 0 Å². The van der Waals surface area contributed by atoms with Crippen LogP contribution in [0.15, 0.2) is 36.4 Å². The maximum Gasteiger partial charge on any atom is 0.339 e. The zero-order chi connectivity index (χ0) is 23.7. The Morgan fingerprint density at radius 1 is 1.13 bits per heavy atom. The summed E-state index contributed by atoms with van der Waals surface area (Å²) in [6.45, 7) is 14.1. The van der Waals surface area contributed by atoms with Crippen molar-refractivity contribution in [3.05, 3.63) is 42.0 Å².